The fourth-order valence-electron chi connectivity index (χ4n) is 2.34. The summed E-state index contributed by atoms with van der Waals surface area (Å²) >= 11 is 3.35. The first-order valence-corrected chi connectivity index (χ1v) is 6.63. The lowest BCUT2D eigenvalue weighted by atomic mass is 10.2. The highest BCUT2D eigenvalue weighted by molar-refractivity contribution is 9.10. The zero-order chi connectivity index (χ0) is 12.3. The Balaban J connectivity index is 2.22. The summed E-state index contributed by atoms with van der Waals surface area (Å²) in [7, 11) is 0. The van der Waals surface area contributed by atoms with Gasteiger partial charge in [0.05, 0.1) is 6.54 Å². The molecule has 1 heterocycles. The van der Waals surface area contributed by atoms with Gasteiger partial charge in [0.25, 0.3) is 0 Å². The Morgan fingerprint density at radius 2 is 2.18 bits per heavy atom. The van der Waals surface area contributed by atoms with Gasteiger partial charge in [-0.2, -0.15) is 0 Å². The van der Waals surface area contributed by atoms with Crippen LogP contribution in [0.2, 0.25) is 0 Å². The van der Waals surface area contributed by atoms with E-state index in [4.69, 9.17) is 5.73 Å². The topological polar surface area (TPSA) is 59.2 Å². The minimum absolute atomic E-state index is 0.244. The number of hydrogen-bond acceptors (Lipinski definition) is 3. The zero-order valence-corrected chi connectivity index (χ0v) is 11.2. The van der Waals surface area contributed by atoms with Gasteiger partial charge in [-0.1, -0.05) is 18.9 Å². The first kappa shape index (κ1) is 12.4. The number of nitrogens with two attached hydrogens (primary N) is 1. The van der Waals surface area contributed by atoms with Gasteiger partial charge in [0.1, 0.15) is 10.4 Å². The summed E-state index contributed by atoms with van der Waals surface area (Å²) < 4.78 is 0.780. The summed E-state index contributed by atoms with van der Waals surface area (Å²) in [5, 5.41) is 0. The molecule has 2 N–H and O–H groups in total. The minimum Gasteiger partial charge on any atom is -0.368 e. The Morgan fingerprint density at radius 1 is 1.47 bits per heavy atom. The van der Waals surface area contributed by atoms with Crippen molar-refractivity contribution in [2.24, 2.45) is 5.73 Å². The van der Waals surface area contributed by atoms with Crippen molar-refractivity contribution >= 4 is 27.7 Å². The number of pyridine rings is 1. The molecule has 5 heteroatoms. The molecule has 0 radical (unpaired) electrons. The van der Waals surface area contributed by atoms with Crippen molar-refractivity contribution < 1.29 is 4.79 Å². The number of anilines is 1. The van der Waals surface area contributed by atoms with Gasteiger partial charge in [0, 0.05) is 6.04 Å². The second-order valence-corrected chi connectivity index (χ2v) is 5.16. The lowest BCUT2D eigenvalue weighted by Gasteiger charge is -2.28. The van der Waals surface area contributed by atoms with Gasteiger partial charge < -0.3 is 10.6 Å². The van der Waals surface area contributed by atoms with E-state index < -0.39 is 0 Å². The standard InChI is InChI=1S/C12H16BrN3O/c13-10-6-3-7-12(15-10)16(8-11(14)17)9-4-1-2-5-9/h3,6-7,9H,1-2,4-5,8H2,(H2,14,17). The van der Waals surface area contributed by atoms with Crippen molar-refractivity contribution in [3.63, 3.8) is 0 Å². The van der Waals surface area contributed by atoms with Crippen molar-refractivity contribution in [3.8, 4) is 0 Å². The monoisotopic (exact) mass is 297 g/mol. The van der Waals surface area contributed by atoms with Gasteiger partial charge in [0.15, 0.2) is 0 Å². The van der Waals surface area contributed by atoms with Crippen LogP contribution in [0.3, 0.4) is 0 Å². The van der Waals surface area contributed by atoms with Gasteiger partial charge in [0.2, 0.25) is 5.91 Å². The third kappa shape index (κ3) is 3.19. The molecule has 0 bridgehead atoms. The maximum absolute atomic E-state index is 11.2. The molecule has 0 saturated heterocycles. The lowest BCUT2D eigenvalue weighted by molar-refractivity contribution is -0.116. The Hall–Kier alpha value is -1.10. The number of carbonyl (C=O) groups is 1. The molecule has 1 aliphatic rings. The van der Waals surface area contributed by atoms with Gasteiger partial charge in [-0.3, -0.25) is 4.79 Å². The van der Waals surface area contributed by atoms with Gasteiger partial charge in [-0.25, -0.2) is 4.98 Å². The van der Waals surface area contributed by atoms with Gasteiger partial charge >= 0.3 is 0 Å². The zero-order valence-electron chi connectivity index (χ0n) is 9.60. The predicted molar refractivity (Wildman–Crippen MR) is 70.7 cm³/mol. The van der Waals surface area contributed by atoms with Crippen LogP contribution in [0.15, 0.2) is 22.8 Å². The quantitative estimate of drug-likeness (QED) is 0.866. The van der Waals surface area contributed by atoms with E-state index in [1.165, 1.54) is 12.8 Å². The number of aromatic nitrogens is 1. The summed E-state index contributed by atoms with van der Waals surface area (Å²) in [4.78, 5) is 17.6. The summed E-state index contributed by atoms with van der Waals surface area (Å²) in [6, 6.07) is 6.12. The second kappa shape index (κ2) is 5.49. The van der Waals surface area contributed by atoms with Crippen LogP contribution in [-0.4, -0.2) is 23.5 Å². The Labute approximate surface area is 109 Å². The van der Waals surface area contributed by atoms with Crippen LogP contribution in [0, 0.1) is 0 Å². The summed E-state index contributed by atoms with van der Waals surface area (Å²) in [5.74, 6) is 0.517. The largest absolute Gasteiger partial charge is 0.368 e. The SMILES string of the molecule is NC(=O)CN(c1cccc(Br)n1)C1CCCC1. The van der Waals surface area contributed by atoms with E-state index >= 15 is 0 Å². The van der Waals surface area contributed by atoms with E-state index in [0.29, 0.717) is 6.04 Å². The van der Waals surface area contributed by atoms with Crippen LogP contribution in [0.25, 0.3) is 0 Å². The molecule has 0 aromatic carbocycles. The number of rotatable bonds is 4. The maximum Gasteiger partial charge on any atom is 0.237 e. The van der Waals surface area contributed by atoms with E-state index in [0.717, 1.165) is 23.3 Å². The average molecular weight is 298 g/mol. The lowest BCUT2D eigenvalue weighted by Crippen LogP contribution is -2.40. The number of carbonyl (C=O) groups excluding carboxylic acids is 1. The highest BCUT2D eigenvalue weighted by atomic mass is 79.9. The number of hydrogen-bond donors (Lipinski definition) is 1. The Kier molecular flexibility index (Phi) is 3.99. The molecular formula is C12H16BrN3O. The molecule has 2 rings (SSSR count). The number of primary amides is 1. The molecule has 1 aliphatic carbocycles. The minimum atomic E-state index is -0.307. The second-order valence-electron chi connectivity index (χ2n) is 4.35. The molecule has 0 aliphatic heterocycles. The first-order chi connectivity index (χ1) is 8.16. The normalized spacial score (nSPS) is 16.1. The molecule has 1 amide bonds. The maximum atomic E-state index is 11.2. The molecular weight excluding hydrogens is 282 g/mol. The van der Waals surface area contributed by atoms with Crippen LogP contribution in [0.5, 0.6) is 0 Å². The van der Waals surface area contributed by atoms with Crippen molar-refractivity contribution in [3.05, 3.63) is 22.8 Å². The molecule has 1 fully saturated rings. The predicted octanol–water partition coefficient (Wildman–Crippen LogP) is 2.08. The molecule has 92 valence electrons. The summed E-state index contributed by atoms with van der Waals surface area (Å²) in [6.07, 6.45) is 4.66. The van der Waals surface area contributed by atoms with Crippen LogP contribution in [-0.2, 0) is 4.79 Å². The van der Waals surface area contributed by atoms with Gasteiger partial charge in [-0.05, 0) is 40.9 Å². The van der Waals surface area contributed by atoms with Crippen molar-refractivity contribution in [1.82, 2.24) is 4.98 Å². The first-order valence-electron chi connectivity index (χ1n) is 5.84. The molecule has 1 saturated carbocycles. The van der Waals surface area contributed by atoms with Crippen LogP contribution < -0.4 is 10.6 Å². The van der Waals surface area contributed by atoms with Gasteiger partial charge in [-0.15, -0.1) is 0 Å². The Bertz CT molecular complexity index is 404. The van der Waals surface area contributed by atoms with E-state index in [1.807, 2.05) is 23.1 Å². The van der Waals surface area contributed by atoms with Crippen LogP contribution >= 0.6 is 15.9 Å². The number of nitrogens with zero attached hydrogens (tertiary/aromatic N) is 2. The van der Waals surface area contributed by atoms with Crippen molar-refractivity contribution in [2.75, 3.05) is 11.4 Å². The highest BCUT2D eigenvalue weighted by Gasteiger charge is 2.24. The van der Waals surface area contributed by atoms with E-state index in [9.17, 15) is 4.79 Å². The van der Waals surface area contributed by atoms with E-state index in [-0.39, 0.29) is 12.5 Å². The highest BCUT2D eigenvalue weighted by Crippen LogP contribution is 2.27. The number of halogens is 1. The summed E-state index contributed by atoms with van der Waals surface area (Å²) in [6.45, 7) is 0.244. The smallest absolute Gasteiger partial charge is 0.237 e. The van der Waals surface area contributed by atoms with Crippen molar-refractivity contribution in [1.29, 1.82) is 0 Å². The Morgan fingerprint density at radius 3 is 2.76 bits per heavy atom. The molecule has 1 aromatic heterocycles. The molecule has 0 unspecified atom stereocenters. The van der Waals surface area contributed by atoms with Crippen LogP contribution in [0.1, 0.15) is 25.7 Å². The molecule has 17 heavy (non-hydrogen) atoms. The van der Waals surface area contributed by atoms with Crippen LogP contribution in [0.4, 0.5) is 5.82 Å². The molecule has 0 spiro atoms. The third-order valence-electron chi connectivity index (χ3n) is 3.09. The fourth-order valence-corrected chi connectivity index (χ4v) is 2.67. The molecule has 4 nitrogen and oxygen atoms in total. The van der Waals surface area contributed by atoms with E-state index in [1.54, 1.807) is 0 Å². The van der Waals surface area contributed by atoms with E-state index in [2.05, 4.69) is 20.9 Å². The van der Waals surface area contributed by atoms with Crippen molar-refractivity contribution in [2.45, 2.75) is 31.7 Å². The third-order valence-corrected chi connectivity index (χ3v) is 3.53. The fraction of sp³-hybridized carbons (Fsp3) is 0.500. The average Bonchev–Trinajstić information content (AvgIpc) is 2.79. The molecule has 1 aromatic rings. The molecule has 0 atom stereocenters. The number of amides is 1. The summed E-state index contributed by atoms with van der Waals surface area (Å²) in [5.41, 5.74) is 5.32.